The van der Waals surface area contributed by atoms with Crippen LogP contribution in [0.15, 0.2) is 72.8 Å². The molecule has 5 saturated carbocycles. The Labute approximate surface area is 387 Å². The molecule has 2 heterocycles. The number of rotatable bonds is 10. The molecule has 352 valence electrons. The molecule has 4 bridgehead atoms. The first kappa shape index (κ1) is 44.6. The van der Waals surface area contributed by atoms with Crippen molar-refractivity contribution in [2.45, 2.75) is 145 Å². The Hall–Kier alpha value is -5.18. The number of alkyl carbamates (subject to hydrolysis) is 2. The number of carbonyl (C=O) groups is 4. The predicted molar refractivity (Wildman–Crippen MR) is 243 cm³/mol. The number of amides is 4. The molecule has 0 radical (unpaired) electrons. The smallest absolute Gasteiger partial charge is 0.415 e. The lowest BCUT2D eigenvalue weighted by Crippen LogP contribution is -2.69. The molecule has 0 aromatic heterocycles. The van der Waals surface area contributed by atoms with Crippen LogP contribution in [0.2, 0.25) is 0 Å². The van der Waals surface area contributed by atoms with E-state index in [0.29, 0.717) is 63.4 Å². The molecule has 6 aliphatic carbocycles. The van der Waals surface area contributed by atoms with Crippen LogP contribution in [0.5, 0.6) is 5.75 Å². The molecule has 66 heavy (non-hydrogen) atoms. The van der Waals surface area contributed by atoms with Gasteiger partial charge in [-0.25, -0.2) is 14.4 Å². The number of hydrogen-bond donors (Lipinski definition) is 3. The van der Waals surface area contributed by atoms with Crippen LogP contribution in [0.1, 0.15) is 133 Å². The Morgan fingerprint density at radius 3 is 2.17 bits per heavy atom. The molecule has 3 aromatic carbocycles. The zero-order chi connectivity index (χ0) is 45.7. The molecule has 14 nitrogen and oxygen atoms in total. The van der Waals surface area contributed by atoms with Crippen molar-refractivity contribution in [2.75, 3.05) is 26.2 Å². The molecule has 14 heteroatoms. The van der Waals surface area contributed by atoms with Crippen molar-refractivity contribution in [3.63, 3.8) is 0 Å². The Morgan fingerprint density at radius 2 is 1.48 bits per heavy atom. The maximum Gasteiger partial charge on any atom is 0.415 e. The maximum atomic E-state index is 13.2. The fraction of sp³-hybridized carbons (Fsp3) is 0.577. The number of fused-ring (bicyclic) bond motifs is 3. The molecule has 3 aromatic rings. The van der Waals surface area contributed by atoms with Crippen LogP contribution in [-0.2, 0) is 28.8 Å². The Bertz CT molecular complexity index is 2240. The molecule has 2 spiro atoms. The quantitative estimate of drug-likeness (QED) is 0.132. The Morgan fingerprint density at radius 1 is 0.803 bits per heavy atom. The molecule has 4 atom stereocenters. The number of benzene rings is 3. The molecule has 4 amide bonds. The molecule has 2 aliphatic heterocycles. The van der Waals surface area contributed by atoms with Crippen molar-refractivity contribution in [2.24, 2.45) is 17.8 Å². The van der Waals surface area contributed by atoms with Gasteiger partial charge in [-0.1, -0.05) is 60.7 Å². The van der Waals surface area contributed by atoms with Crippen LogP contribution in [-0.4, -0.2) is 84.1 Å². The van der Waals surface area contributed by atoms with Crippen LogP contribution >= 0.6 is 0 Å². The van der Waals surface area contributed by atoms with Crippen LogP contribution < -0.4 is 20.7 Å². The van der Waals surface area contributed by atoms with Crippen molar-refractivity contribution < 1.29 is 47.9 Å². The molecule has 8 aliphatic rings. The topological polar surface area (TPSA) is 163 Å². The third-order valence-corrected chi connectivity index (χ3v) is 15.3. The number of ether oxygens (including phenoxy) is 4. The minimum atomic E-state index is -0.840. The second-order valence-electron chi connectivity index (χ2n) is 21.1. The van der Waals surface area contributed by atoms with Crippen molar-refractivity contribution in [3.05, 3.63) is 89.5 Å². The Balaban J connectivity index is 0.670. The standard InChI is InChI=1S/C52H64N4O10/c1-49(2,3)63-46(58)53-23-9-15-45(57)55-50-28-33-26-36(30-50)52(37(27-33)31-50)64-51(65-66-52)22-8-10-35(29-51)34-16-18-39(19-17-34)62-48(60)56-24-20-38(21-25-56)54-47(59)61-32-44-42-13-6-4-11-40(42)41-12-5-7-14-43(41)44/h4-7,11-14,16-19,33,35-38,44H,8-10,15,20-32H2,1-3H3,(H,53,58)(H,54,59)(H,55,57)/t33?,35-,36?,37?,50?,51-,52?/m1/s1. The molecular formula is C52H64N4O10. The van der Waals surface area contributed by atoms with Gasteiger partial charge in [0.1, 0.15) is 18.0 Å². The molecule has 7 fully saturated rings. The monoisotopic (exact) mass is 904 g/mol. The number of nitrogens with zero attached hydrogens (tertiary/aromatic N) is 1. The van der Waals surface area contributed by atoms with Crippen molar-refractivity contribution in [3.8, 4) is 16.9 Å². The van der Waals surface area contributed by atoms with Gasteiger partial charge in [-0.05, 0) is 137 Å². The third-order valence-electron chi connectivity index (χ3n) is 15.3. The lowest BCUT2D eigenvalue weighted by molar-refractivity contribution is -0.391. The number of likely N-dealkylation sites (tertiary alicyclic amines) is 1. The van der Waals surface area contributed by atoms with E-state index in [2.05, 4.69) is 40.2 Å². The number of nitrogens with one attached hydrogen (secondary N) is 3. The van der Waals surface area contributed by atoms with E-state index < -0.39 is 35.5 Å². The summed E-state index contributed by atoms with van der Waals surface area (Å²) in [5.74, 6) is -0.241. The first-order valence-corrected chi connectivity index (χ1v) is 24.3. The fourth-order valence-corrected chi connectivity index (χ4v) is 12.6. The molecular weight excluding hydrogens is 841 g/mol. The van der Waals surface area contributed by atoms with Gasteiger partial charge < -0.3 is 39.8 Å². The molecule has 2 unspecified atom stereocenters. The largest absolute Gasteiger partial charge is 0.449 e. The van der Waals surface area contributed by atoms with Crippen LogP contribution in [0.4, 0.5) is 14.4 Å². The van der Waals surface area contributed by atoms with Crippen LogP contribution in [0, 0.1) is 17.8 Å². The zero-order valence-corrected chi connectivity index (χ0v) is 38.4. The lowest BCUT2D eigenvalue weighted by atomic mass is 9.50. The van der Waals surface area contributed by atoms with E-state index in [1.807, 2.05) is 69.3 Å². The van der Waals surface area contributed by atoms with Crippen LogP contribution in [0.25, 0.3) is 11.1 Å². The highest BCUT2D eigenvalue weighted by Gasteiger charge is 2.70. The van der Waals surface area contributed by atoms with E-state index in [0.717, 1.165) is 56.9 Å². The summed E-state index contributed by atoms with van der Waals surface area (Å²) in [4.78, 5) is 65.8. The highest BCUT2D eigenvalue weighted by Crippen LogP contribution is 2.65. The van der Waals surface area contributed by atoms with Crippen LogP contribution in [0.3, 0.4) is 0 Å². The fourth-order valence-electron chi connectivity index (χ4n) is 12.6. The van der Waals surface area contributed by atoms with E-state index in [-0.39, 0.29) is 47.8 Å². The summed E-state index contributed by atoms with van der Waals surface area (Å²) in [5, 5.41) is 9.19. The summed E-state index contributed by atoms with van der Waals surface area (Å²) < 4.78 is 24.0. The van der Waals surface area contributed by atoms with Gasteiger partial charge >= 0.3 is 18.3 Å². The first-order valence-electron chi connectivity index (χ1n) is 24.3. The Kier molecular flexibility index (Phi) is 12.0. The van der Waals surface area contributed by atoms with Gasteiger partial charge in [0.05, 0.1) is 0 Å². The second-order valence-corrected chi connectivity index (χ2v) is 21.1. The third kappa shape index (κ3) is 9.12. The van der Waals surface area contributed by atoms with E-state index in [4.69, 9.17) is 28.7 Å². The number of piperidine rings is 1. The highest BCUT2D eigenvalue weighted by molar-refractivity contribution is 5.79. The first-order chi connectivity index (χ1) is 31.8. The summed E-state index contributed by atoms with van der Waals surface area (Å²) >= 11 is 0. The number of carbonyl (C=O) groups excluding carboxylic acids is 4. The van der Waals surface area contributed by atoms with Crippen molar-refractivity contribution >= 4 is 24.2 Å². The van der Waals surface area contributed by atoms with E-state index in [1.54, 1.807) is 4.90 Å². The van der Waals surface area contributed by atoms with Crippen molar-refractivity contribution in [1.82, 2.24) is 20.9 Å². The SMILES string of the molecule is CC(C)(C)OC(=O)NCCCC(=O)NC12CC3CC(C1)C1(OO[C@@]4(CCC[C@@H](c5ccc(OC(=O)N6CCC(NC(=O)OCC7c8ccccc8-c8ccccc87)CC6)cc5)C4)O1)C(C3)C2. The van der Waals surface area contributed by atoms with Gasteiger partial charge in [0.2, 0.25) is 17.5 Å². The maximum absolute atomic E-state index is 13.2. The number of hydrogen-bond acceptors (Lipinski definition) is 10. The van der Waals surface area contributed by atoms with Gasteiger partial charge in [0.25, 0.3) is 0 Å². The molecule has 2 saturated heterocycles. The average molecular weight is 905 g/mol. The van der Waals surface area contributed by atoms with Gasteiger partial charge in [0, 0.05) is 68.2 Å². The van der Waals surface area contributed by atoms with Gasteiger partial charge in [-0.15, -0.1) is 0 Å². The highest BCUT2D eigenvalue weighted by atomic mass is 17.3. The molecule has 3 N–H and O–H groups in total. The summed E-state index contributed by atoms with van der Waals surface area (Å²) in [6.07, 6.45) is 8.62. The van der Waals surface area contributed by atoms with Gasteiger partial charge in [0.15, 0.2) is 0 Å². The minimum Gasteiger partial charge on any atom is -0.449 e. The van der Waals surface area contributed by atoms with E-state index in [1.165, 1.54) is 22.3 Å². The zero-order valence-electron chi connectivity index (χ0n) is 38.4. The second kappa shape index (κ2) is 17.8. The molecule has 11 rings (SSSR count). The average Bonchev–Trinajstić information content (AvgIpc) is 3.81. The summed E-state index contributed by atoms with van der Waals surface area (Å²) in [6, 6.07) is 24.2. The summed E-state index contributed by atoms with van der Waals surface area (Å²) in [7, 11) is 0. The summed E-state index contributed by atoms with van der Waals surface area (Å²) in [5.41, 5.74) is 5.01. The van der Waals surface area contributed by atoms with Gasteiger partial charge in [-0.2, -0.15) is 9.78 Å². The normalized spacial score (nSPS) is 29.9. The van der Waals surface area contributed by atoms with Gasteiger partial charge in [-0.3, -0.25) is 4.79 Å². The van der Waals surface area contributed by atoms with E-state index in [9.17, 15) is 19.2 Å². The minimum absolute atomic E-state index is 0.00282. The van der Waals surface area contributed by atoms with Crippen molar-refractivity contribution in [1.29, 1.82) is 0 Å². The van der Waals surface area contributed by atoms with E-state index >= 15 is 0 Å². The summed E-state index contributed by atoms with van der Waals surface area (Å²) in [6.45, 7) is 7.04. The lowest BCUT2D eigenvalue weighted by Gasteiger charge is -2.62. The predicted octanol–water partition coefficient (Wildman–Crippen LogP) is 9.22.